The fraction of sp³-hybridized carbons (Fsp3) is 0.692. The Morgan fingerprint density at radius 3 is 2.90 bits per heavy atom. The fourth-order valence-corrected chi connectivity index (χ4v) is 3.87. The molecule has 1 N–H and O–H groups in total. The molecule has 0 aliphatic carbocycles. The Labute approximate surface area is 125 Å². The minimum Gasteiger partial charge on any atom is -0.394 e. The van der Waals surface area contributed by atoms with E-state index in [0.29, 0.717) is 0 Å². The molecule has 4 heterocycles. The second-order valence-corrected chi connectivity index (χ2v) is 6.64. The fourth-order valence-electron chi connectivity index (χ4n) is 3.13. The molecule has 0 bridgehead atoms. The van der Waals surface area contributed by atoms with E-state index >= 15 is 0 Å². The van der Waals surface area contributed by atoms with E-state index in [1.807, 2.05) is 25.3 Å². The third kappa shape index (κ3) is 1.94. The highest BCUT2D eigenvalue weighted by atomic mass is 32.1. The molecule has 2 aliphatic heterocycles. The molecular weight excluding hydrogens is 294 g/mol. The molecule has 7 nitrogen and oxygen atoms in total. The molecule has 2 aliphatic rings. The summed E-state index contributed by atoms with van der Waals surface area (Å²) in [7, 11) is 0. The molecule has 0 radical (unpaired) electrons. The summed E-state index contributed by atoms with van der Waals surface area (Å²) < 4.78 is 24.1. The first-order valence-corrected chi connectivity index (χ1v) is 7.68. The maximum atomic E-state index is 9.53. The van der Waals surface area contributed by atoms with Crippen molar-refractivity contribution in [3.05, 3.63) is 12.0 Å². The van der Waals surface area contributed by atoms with Crippen LogP contribution in [0.5, 0.6) is 0 Å². The Bertz CT molecular complexity index is 682. The van der Waals surface area contributed by atoms with E-state index in [1.54, 1.807) is 6.33 Å². The number of hydrogen-bond acceptors (Lipinski definition) is 7. The van der Waals surface area contributed by atoms with E-state index in [2.05, 4.69) is 9.36 Å². The van der Waals surface area contributed by atoms with Crippen LogP contribution in [0.4, 0.5) is 0 Å². The zero-order chi connectivity index (χ0) is 14.8. The van der Waals surface area contributed by atoms with Gasteiger partial charge in [-0.05, 0) is 32.3 Å². The predicted octanol–water partition coefficient (Wildman–Crippen LogP) is 1.21. The predicted molar refractivity (Wildman–Crippen MR) is 75.0 cm³/mol. The Balaban J connectivity index is 1.76. The number of aryl methyl sites for hydroxylation is 1. The van der Waals surface area contributed by atoms with E-state index in [1.165, 1.54) is 11.5 Å². The number of ether oxygens (including phenoxy) is 3. The topological polar surface area (TPSA) is 78.6 Å². The van der Waals surface area contributed by atoms with Gasteiger partial charge in [-0.15, -0.1) is 0 Å². The molecule has 0 aromatic carbocycles. The molecule has 0 amide bonds. The highest BCUT2D eigenvalue weighted by molar-refractivity contribution is 7.12. The number of aliphatic hydroxyl groups is 1. The van der Waals surface area contributed by atoms with Crippen molar-refractivity contribution in [1.29, 1.82) is 0 Å². The van der Waals surface area contributed by atoms with E-state index in [4.69, 9.17) is 14.2 Å². The zero-order valence-electron chi connectivity index (χ0n) is 12.0. The summed E-state index contributed by atoms with van der Waals surface area (Å²) in [6.07, 6.45) is 0.430. The molecule has 0 unspecified atom stereocenters. The van der Waals surface area contributed by atoms with Crippen LogP contribution in [0.2, 0.25) is 0 Å². The molecule has 4 rings (SSSR count). The van der Waals surface area contributed by atoms with Gasteiger partial charge in [-0.2, -0.15) is 4.37 Å². The Morgan fingerprint density at radius 2 is 2.14 bits per heavy atom. The van der Waals surface area contributed by atoms with Crippen LogP contribution in [-0.2, 0) is 14.2 Å². The summed E-state index contributed by atoms with van der Waals surface area (Å²) in [5, 5.41) is 9.53. The lowest BCUT2D eigenvalue weighted by atomic mass is 10.1. The number of nitrogens with zero attached hydrogens (tertiary/aromatic N) is 3. The summed E-state index contributed by atoms with van der Waals surface area (Å²) in [5.41, 5.74) is 1.87. The summed E-state index contributed by atoms with van der Waals surface area (Å²) in [4.78, 5) is 5.24. The van der Waals surface area contributed by atoms with Crippen LogP contribution in [0.25, 0.3) is 10.3 Å². The van der Waals surface area contributed by atoms with Gasteiger partial charge in [-0.25, -0.2) is 4.98 Å². The van der Waals surface area contributed by atoms with Crippen molar-refractivity contribution in [3.63, 3.8) is 0 Å². The normalized spacial score (nSPS) is 34.7. The molecule has 2 fully saturated rings. The van der Waals surface area contributed by atoms with Crippen LogP contribution in [-0.4, -0.2) is 49.7 Å². The Morgan fingerprint density at radius 1 is 1.38 bits per heavy atom. The van der Waals surface area contributed by atoms with E-state index in [-0.39, 0.29) is 25.0 Å². The molecule has 2 aromatic heterocycles. The van der Waals surface area contributed by atoms with Crippen LogP contribution in [0.1, 0.15) is 25.8 Å². The number of fused-ring (bicyclic) bond motifs is 2. The van der Waals surface area contributed by atoms with E-state index < -0.39 is 11.9 Å². The van der Waals surface area contributed by atoms with Crippen LogP contribution >= 0.6 is 11.5 Å². The average Bonchev–Trinajstić information content (AvgIpc) is 3.12. The SMILES string of the molecule is Cc1nsc2ncn([C@@H]3O[C@H](CO)[C@H]4OC(C)(C)O[C@H]43)c12. The largest absolute Gasteiger partial charge is 0.394 e. The summed E-state index contributed by atoms with van der Waals surface area (Å²) in [5.74, 6) is -0.674. The first kappa shape index (κ1) is 13.6. The lowest BCUT2D eigenvalue weighted by Gasteiger charge is -2.24. The van der Waals surface area contributed by atoms with Gasteiger partial charge in [0.05, 0.1) is 18.6 Å². The van der Waals surface area contributed by atoms with Crippen molar-refractivity contribution in [2.24, 2.45) is 0 Å². The number of imidazole rings is 1. The van der Waals surface area contributed by atoms with Crippen molar-refractivity contribution in [1.82, 2.24) is 13.9 Å². The van der Waals surface area contributed by atoms with Gasteiger partial charge in [0.15, 0.2) is 16.8 Å². The standard InChI is InChI=1S/C13H17N3O4S/c1-6-8-11(21-15-6)14-5-16(8)12-10-9(7(4-17)18-12)19-13(2,3)20-10/h5,7,9-10,12,17H,4H2,1-3H3/t7-,9-,10-,12-/m1/s1. The second-order valence-electron chi connectivity index (χ2n) is 5.89. The molecular formula is C13H17N3O4S. The van der Waals surface area contributed by atoms with Gasteiger partial charge in [-0.1, -0.05) is 0 Å². The summed E-state index contributed by atoms with van der Waals surface area (Å²) in [6, 6.07) is 0. The van der Waals surface area contributed by atoms with Gasteiger partial charge in [0.25, 0.3) is 0 Å². The highest BCUT2D eigenvalue weighted by Gasteiger charge is 2.55. The Kier molecular flexibility index (Phi) is 2.89. The third-order valence-corrected chi connectivity index (χ3v) is 4.79. The summed E-state index contributed by atoms with van der Waals surface area (Å²) in [6.45, 7) is 5.59. The quantitative estimate of drug-likeness (QED) is 0.898. The molecule has 8 heteroatoms. The number of aromatic nitrogens is 3. The van der Waals surface area contributed by atoms with Gasteiger partial charge < -0.3 is 19.3 Å². The van der Waals surface area contributed by atoms with E-state index in [0.717, 1.165) is 16.0 Å². The first-order valence-electron chi connectivity index (χ1n) is 6.91. The van der Waals surface area contributed by atoms with Crippen molar-refractivity contribution in [2.45, 2.75) is 51.1 Å². The van der Waals surface area contributed by atoms with Crippen LogP contribution in [0.3, 0.4) is 0 Å². The van der Waals surface area contributed by atoms with Crippen LogP contribution < -0.4 is 0 Å². The van der Waals surface area contributed by atoms with Crippen LogP contribution in [0.15, 0.2) is 6.33 Å². The average molecular weight is 311 g/mol. The molecule has 2 saturated heterocycles. The molecule has 21 heavy (non-hydrogen) atoms. The highest BCUT2D eigenvalue weighted by Crippen LogP contribution is 2.44. The van der Waals surface area contributed by atoms with Gasteiger partial charge in [0, 0.05) is 0 Å². The minimum absolute atomic E-state index is 0.101. The van der Waals surface area contributed by atoms with Crippen molar-refractivity contribution in [2.75, 3.05) is 6.61 Å². The van der Waals surface area contributed by atoms with Gasteiger partial charge in [0.1, 0.15) is 23.8 Å². The maximum Gasteiger partial charge on any atom is 0.165 e. The molecule has 0 saturated carbocycles. The molecule has 4 atom stereocenters. The second kappa shape index (κ2) is 4.47. The van der Waals surface area contributed by atoms with Crippen molar-refractivity contribution >= 4 is 21.9 Å². The lowest BCUT2D eigenvalue weighted by Crippen LogP contribution is -2.31. The molecule has 0 spiro atoms. The Hall–Kier alpha value is -1.06. The van der Waals surface area contributed by atoms with E-state index in [9.17, 15) is 5.11 Å². The van der Waals surface area contributed by atoms with Gasteiger partial charge in [0.2, 0.25) is 0 Å². The minimum atomic E-state index is -0.674. The number of hydrogen-bond donors (Lipinski definition) is 1. The van der Waals surface area contributed by atoms with Crippen molar-refractivity contribution in [3.8, 4) is 0 Å². The zero-order valence-corrected chi connectivity index (χ0v) is 12.8. The number of rotatable bonds is 2. The van der Waals surface area contributed by atoms with Gasteiger partial charge >= 0.3 is 0 Å². The van der Waals surface area contributed by atoms with Crippen molar-refractivity contribution < 1.29 is 19.3 Å². The summed E-state index contributed by atoms with van der Waals surface area (Å²) >= 11 is 1.37. The lowest BCUT2D eigenvalue weighted by molar-refractivity contribution is -0.199. The monoisotopic (exact) mass is 311 g/mol. The van der Waals surface area contributed by atoms with Gasteiger partial charge in [-0.3, -0.25) is 4.57 Å². The first-order chi connectivity index (χ1) is 10.00. The smallest absolute Gasteiger partial charge is 0.165 e. The number of aliphatic hydroxyl groups excluding tert-OH is 1. The molecule has 2 aromatic rings. The molecule has 114 valence electrons. The van der Waals surface area contributed by atoms with Crippen LogP contribution in [0, 0.1) is 6.92 Å². The maximum absolute atomic E-state index is 9.53. The third-order valence-electron chi connectivity index (χ3n) is 3.95.